The Labute approximate surface area is 147 Å². The Balaban J connectivity index is 2.41. The summed E-state index contributed by atoms with van der Waals surface area (Å²) < 4.78 is 5.09. The van der Waals surface area contributed by atoms with Crippen LogP contribution in [-0.4, -0.2) is 30.1 Å². The van der Waals surface area contributed by atoms with Crippen LogP contribution in [0.4, 0.5) is 0 Å². The number of hydrazine groups is 1. The summed E-state index contributed by atoms with van der Waals surface area (Å²) in [5.74, 6) is 0.124. The van der Waals surface area contributed by atoms with Crippen molar-refractivity contribution in [3.8, 4) is 5.75 Å². The molecule has 0 bridgehead atoms. The fraction of sp³-hybridized carbons (Fsp3) is 0.438. The molecule has 4 N–H and O–H groups in total. The topological polar surface area (TPSA) is 91.5 Å². The Morgan fingerprint density at radius 1 is 1.17 bits per heavy atom. The largest absolute Gasteiger partial charge is 0.497 e. The summed E-state index contributed by atoms with van der Waals surface area (Å²) in [6.45, 7) is 5.57. The van der Waals surface area contributed by atoms with Gasteiger partial charge in [-0.25, -0.2) is 0 Å². The van der Waals surface area contributed by atoms with E-state index in [0.717, 1.165) is 11.3 Å². The predicted molar refractivity (Wildman–Crippen MR) is 96.2 cm³/mol. The maximum Gasteiger partial charge on any atom is 0.261 e. The summed E-state index contributed by atoms with van der Waals surface area (Å²) >= 11 is 5.11. The highest BCUT2D eigenvalue weighted by Gasteiger charge is 2.22. The maximum atomic E-state index is 12.1. The van der Waals surface area contributed by atoms with Crippen molar-refractivity contribution in [3.05, 3.63) is 29.8 Å². The number of hydrogen-bond donors (Lipinski definition) is 4. The van der Waals surface area contributed by atoms with Gasteiger partial charge in [0.05, 0.1) is 7.11 Å². The van der Waals surface area contributed by atoms with Crippen molar-refractivity contribution in [1.82, 2.24) is 21.5 Å². The molecule has 0 radical (unpaired) electrons. The number of benzene rings is 1. The summed E-state index contributed by atoms with van der Waals surface area (Å²) in [5, 5.41) is 5.87. The van der Waals surface area contributed by atoms with Crippen LogP contribution in [0.15, 0.2) is 24.3 Å². The molecule has 0 aliphatic rings. The number of carbonyl (C=O) groups excluding carboxylic acids is 2. The fourth-order valence-electron chi connectivity index (χ4n) is 1.92. The molecule has 2 amide bonds. The van der Waals surface area contributed by atoms with Gasteiger partial charge in [-0.2, -0.15) is 0 Å². The lowest BCUT2D eigenvalue weighted by Crippen LogP contribution is -2.55. The van der Waals surface area contributed by atoms with Gasteiger partial charge in [0.1, 0.15) is 11.8 Å². The average molecular weight is 352 g/mol. The standard InChI is InChI=1S/C16H24N4O3S/c1-10(2)14(18-11(3)21)15(22)19-20-16(24)17-9-12-5-7-13(23-4)8-6-12/h5-8,10,14H,9H2,1-4H3,(H,18,21)(H,19,22)(H2,17,20,24)/t14-/m0/s1. The molecule has 0 aliphatic heterocycles. The summed E-state index contributed by atoms with van der Waals surface area (Å²) in [6, 6.07) is 6.92. The first-order chi connectivity index (χ1) is 11.3. The van der Waals surface area contributed by atoms with Crippen LogP contribution in [-0.2, 0) is 16.1 Å². The lowest BCUT2D eigenvalue weighted by atomic mass is 10.0. The summed E-state index contributed by atoms with van der Waals surface area (Å²) in [4.78, 5) is 23.2. The second-order valence-corrected chi connectivity index (χ2v) is 5.98. The molecule has 0 aliphatic carbocycles. The Morgan fingerprint density at radius 2 is 1.79 bits per heavy atom. The molecule has 0 aromatic heterocycles. The van der Waals surface area contributed by atoms with Crippen LogP contribution in [0.2, 0.25) is 0 Å². The van der Waals surface area contributed by atoms with E-state index in [2.05, 4.69) is 21.5 Å². The number of rotatable bonds is 6. The van der Waals surface area contributed by atoms with Crippen molar-refractivity contribution in [2.24, 2.45) is 5.92 Å². The van der Waals surface area contributed by atoms with E-state index in [1.165, 1.54) is 6.92 Å². The number of amides is 2. The monoisotopic (exact) mass is 352 g/mol. The Morgan fingerprint density at radius 3 is 2.29 bits per heavy atom. The number of nitrogens with one attached hydrogen (secondary N) is 4. The molecule has 0 saturated heterocycles. The molecule has 0 spiro atoms. The SMILES string of the molecule is COc1ccc(CNC(=S)NNC(=O)[C@@H](NC(C)=O)C(C)C)cc1. The van der Waals surface area contributed by atoms with E-state index < -0.39 is 6.04 Å². The first-order valence-electron chi connectivity index (χ1n) is 7.57. The van der Waals surface area contributed by atoms with Gasteiger partial charge in [0.25, 0.3) is 5.91 Å². The van der Waals surface area contributed by atoms with Gasteiger partial charge in [0.2, 0.25) is 5.91 Å². The van der Waals surface area contributed by atoms with Crippen LogP contribution in [0.25, 0.3) is 0 Å². The van der Waals surface area contributed by atoms with Gasteiger partial charge in [-0.3, -0.25) is 20.4 Å². The molecule has 7 nitrogen and oxygen atoms in total. The van der Waals surface area contributed by atoms with E-state index >= 15 is 0 Å². The molecular weight excluding hydrogens is 328 g/mol. The van der Waals surface area contributed by atoms with E-state index in [4.69, 9.17) is 17.0 Å². The molecule has 1 aromatic carbocycles. The van der Waals surface area contributed by atoms with E-state index in [1.54, 1.807) is 7.11 Å². The van der Waals surface area contributed by atoms with Gasteiger partial charge in [-0.05, 0) is 35.8 Å². The highest BCUT2D eigenvalue weighted by molar-refractivity contribution is 7.80. The Kier molecular flexibility index (Phi) is 7.97. The van der Waals surface area contributed by atoms with E-state index in [9.17, 15) is 9.59 Å². The highest BCUT2D eigenvalue weighted by atomic mass is 32.1. The van der Waals surface area contributed by atoms with Crippen molar-refractivity contribution < 1.29 is 14.3 Å². The normalized spacial score (nSPS) is 11.4. The van der Waals surface area contributed by atoms with Crippen LogP contribution < -0.4 is 26.2 Å². The van der Waals surface area contributed by atoms with Crippen LogP contribution in [0.1, 0.15) is 26.3 Å². The van der Waals surface area contributed by atoms with Crippen molar-refractivity contribution >= 4 is 29.1 Å². The minimum Gasteiger partial charge on any atom is -0.497 e. The third-order valence-electron chi connectivity index (χ3n) is 3.22. The van der Waals surface area contributed by atoms with Crippen LogP contribution >= 0.6 is 12.2 Å². The minimum atomic E-state index is -0.626. The summed E-state index contributed by atoms with van der Waals surface area (Å²) in [7, 11) is 1.61. The number of ether oxygens (including phenoxy) is 1. The zero-order valence-electron chi connectivity index (χ0n) is 14.3. The zero-order valence-corrected chi connectivity index (χ0v) is 15.1. The predicted octanol–water partition coefficient (Wildman–Crippen LogP) is 0.851. The molecule has 0 saturated carbocycles. The number of thiocarbonyl (C=S) groups is 1. The summed E-state index contributed by atoms with van der Waals surface area (Å²) in [6.07, 6.45) is 0. The molecule has 0 fully saturated rings. The van der Waals surface area contributed by atoms with Crippen molar-refractivity contribution in [1.29, 1.82) is 0 Å². The molecule has 0 heterocycles. The van der Waals surface area contributed by atoms with Gasteiger partial charge in [0, 0.05) is 13.5 Å². The molecule has 1 atom stereocenters. The zero-order chi connectivity index (χ0) is 18.1. The van der Waals surface area contributed by atoms with Crippen LogP contribution in [0.3, 0.4) is 0 Å². The molecule has 24 heavy (non-hydrogen) atoms. The second-order valence-electron chi connectivity index (χ2n) is 5.57. The summed E-state index contributed by atoms with van der Waals surface area (Å²) in [5.41, 5.74) is 6.14. The van der Waals surface area contributed by atoms with E-state index in [0.29, 0.717) is 6.54 Å². The third kappa shape index (κ3) is 6.82. The molecule has 1 rings (SSSR count). The van der Waals surface area contributed by atoms with Gasteiger partial charge in [-0.15, -0.1) is 0 Å². The lowest BCUT2D eigenvalue weighted by Gasteiger charge is -2.21. The minimum absolute atomic E-state index is 0.0449. The van der Waals surface area contributed by atoms with E-state index in [-0.39, 0.29) is 22.8 Å². The Bertz CT molecular complexity index is 575. The van der Waals surface area contributed by atoms with Gasteiger partial charge >= 0.3 is 0 Å². The van der Waals surface area contributed by atoms with Crippen molar-refractivity contribution in [2.75, 3.05) is 7.11 Å². The third-order valence-corrected chi connectivity index (χ3v) is 3.47. The molecule has 1 aromatic rings. The van der Waals surface area contributed by atoms with Crippen LogP contribution in [0, 0.1) is 5.92 Å². The van der Waals surface area contributed by atoms with E-state index in [1.807, 2.05) is 38.1 Å². The second kappa shape index (κ2) is 9.71. The average Bonchev–Trinajstić information content (AvgIpc) is 2.55. The Hall–Kier alpha value is -2.35. The molecular formula is C16H24N4O3S. The van der Waals surface area contributed by atoms with Crippen LogP contribution in [0.5, 0.6) is 5.75 Å². The van der Waals surface area contributed by atoms with Crippen molar-refractivity contribution in [2.45, 2.75) is 33.4 Å². The molecule has 132 valence electrons. The fourth-order valence-corrected chi connectivity index (χ4v) is 2.04. The first kappa shape index (κ1) is 19.7. The number of hydrogen-bond acceptors (Lipinski definition) is 4. The quantitative estimate of drug-likeness (QED) is 0.448. The number of carbonyl (C=O) groups is 2. The van der Waals surface area contributed by atoms with Gasteiger partial charge < -0.3 is 15.4 Å². The maximum absolute atomic E-state index is 12.1. The molecule has 0 unspecified atom stereocenters. The lowest BCUT2D eigenvalue weighted by molar-refractivity contribution is -0.129. The first-order valence-corrected chi connectivity index (χ1v) is 7.98. The highest BCUT2D eigenvalue weighted by Crippen LogP contribution is 2.10. The number of methoxy groups -OCH3 is 1. The molecule has 8 heteroatoms. The van der Waals surface area contributed by atoms with Crippen molar-refractivity contribution in [3.63, 3.8) is 0 Å². The van der Waals surface area contributed by atoms with Gasteiger partial charge in [-0.1, -0.05) is 26.0 Å². The van der Waals surface area contributed by atoms with Gasteiger partial charge in [0.15, 0.2) is 5.11 Å². The smallest absolute Gasteiger partial charge is 0.261 e.